The van der Waals surface area contributed by atoms with Crippen molar-refractivity contribution in [3.8, 4) is 0 Å². The Morgan fingerprint density at radius 3 is 2.62 bits per heavy atom. The van der Waals surface area contributed by atoms with Gasteiger partial charge in [-0.25, -0.2) is 0 Å². The Kier molecular flexibility index (Phi) is 3.89. The molecular weight excluding hydrogens is 262 g/mol. The van der Waals surface area contributed by atoms with E-state index in [0.29, 0.717) is 6.54 Å². The summed E-state index contributed by atoms with van der Waals surface area (Å²) < 4.78 is 0. The molecule has 1 fully saturated rings. The van der Waals surface area contributed by atoms with Crippen LogP contribution in [0.1, 0.15) is 37.7 Å². The molecule has 1 heterocycles. The van der Waals surface area contributed by atoms with Gasteiger partial charge < -0.3 is 15.5 Å². The summed E-state index contributed by atoms with van der Waals surface area (Å²) in [6, 6.07) is 8.33. The van der Waals surface area contributed by atoms with Gasteiger partial charge in [0, 0.05) is 32.4 Å². The van der Waals surface area contributed by atoms with Gasteiger partial charge in [-0.05, 0) is 24.5 Å². The maximum atomic E-state index is 12.9. The lowest BCUT2D eigenvalue weighted by Crippen LogP contribution is -2.56. The highest BCUT2D eigenvalue weighted by atomic mass is 16.2. The molecule has 1 aromatic carbocycles. The first-order valence-electron chi connectivity index (χ1n) is 7.97. The Morgan fingerprint density at radius 2 is 1.86 bits per heavy atom. The topological polar surface area (TPSA) is 49.6 Å². The number of rotatable bonds is 1. The second kappa shape index (κ2) is 5.68. The molecule has 1 aliphatic carbocycles. The highest BCUT2D eigenvalue weighted by Gasteiger charge is 2.39. The molecule has 0 radical (unpaired) electrons. The number of fused-ring (bicyclic) bond motifs is 1. The first-order valence-corrected chi connectivity index (χ1v) is 7.97. The number of carbonyl (C=O) groups is 1. The van der Waals surface area contributed by atoms with E-state index >= 15 is 0 Å². The van der Waals surface area contributed by atoms with Crippen molar-refractivity contribution in [2.24, 2.45) is 5.73 Å². The Hall–Kier alpha value is -1.55. The van der Waals surface area contributed by atoms with E-state index in [4.69, 9.17) is 5.73 Å². The normalized spacial score (nSPS) is 21.6. The van der Waals surface area contributed by atoms with Gasteiger partial charge in [0.05, 0.1) is 5.54 Å². The number of benzene rings is 1. The zero-order chi connectivity index (χ0) is 14.9. The molecule has 0 bridgehead atoms. The smallest absolute Gasteiger partial charge is 0.243 e. The molecule has 4 nitrogen and oxygen atoms in total. The van der Waals surface area contributed by atoms with Gasteiger partial charge in [0.25, 0.3) is 0 Å². The third kappa shape index (κ3) is 2.77. The number of carbonyl (C=O) groups excluding carboxylic acids is 1. The average molecular weight is 287 g/mol. The highest BCUT2D eigenvalue weighted by Crippen LogP contribution is 2.30. The molecule has 21 heavy (non-hydrogen) atoms. The standard InChI is InChI=1S/C17H25N3O/c1-19-11-12-20(13-14-7-3-4-8-15(14)19)16(21)17(18)9-5-2-6-10-17/h3-4,7-8H,2,5-6,9-13,18H2,1H3. The number of para-hydroxylation sites is 1. The number of hydrogen-bond donors (Lipinski definition) is 1. The van der Waals surface area contributed by atoms with Crippen molar-refractivity contribution < 1.29 is 4.79 Å². The van der Waals surface area contributed by atoms with E-state index in [-0.39, 0.29) is 5.91 Å². The van der Waals surface area contributed by atoms with Crippen molar-refractivity contribution >= 4 is 11.6 Å². The summed E-state index contributed by atoms with van der Waals surface area (Å²) in [4.78, 5) is 17.1. The summed E-state index contributed by atoms with van der Waals surface area (Å²) in [7, 11) is 2.09. The maximum absolute atomic E-state index is 12.9. The Morgan fingerprint density at radius 1 is 1.14 bits per heavy atom. The van der Waals surface area contributed by atoms with Crippen LogP contribution in [0.25, 0.3) is 0 Å². The summed E-state index contributed by atoms with van der Waals surface area (Å²) in [6.07, 6.45) is 5.02. The minimum atomic E-state index is -0.629. The largest absolute Gasteiger partial charge is 0.373 e. The maximum Gasteiger partial charge on any atom is 0.243 e. The van der Waals surface area contributed by atoms with Gasteiger partial charge in [0.2, 0.25) is 5.91 Å². The molecule has 1 aromatic rings. The molecule has 114 valence electrons. The molecule has 2 aliphatic rings. The van der Waals surface area contributed by atoms with Crippen LogP contribution in [0.5, 0.6) is 0 Å². The molecule has 0 aromatic heterocycles. The van der Waals surface area contributed by atoms with Crippen molar-refractivity contribution in [3.63, 3.8) is 0 Å². The summed E-state index contributed by atoms with van der Waals surface area (Å²) in [5, 5.41) is 0. The predicted octanol–water partition coefficient (Wildman–Crippen LogP) is 2.13. The molecule has 0 saturated heterocycles. The van der Waals surface area contributed by atoms with E-state index in [1.54, 1.807) is 0 Å². The number of nitrogens with two attached hydrogens (primary N) is 1. The van der Waals surface area contributed by atoms with E-state index in [0.717, 1.165) is 38.8 Å². The van der Waals surface area contributed by atoms with Crippen molar-refractivity contribution in [1.29, 1.82) is 0 Å². The number of hydrogen-bond acceptors (Lipinski definition) is 3. The molecule has 3 rings (SSSR count). The first kappa shape index (κ1) is 14.4. The summed E-state index contributed by atoms with van der Waals surface area (Å²) in [5.41, 5.74) is 8.24. The van der Waals surface area contributed by atoms with Crippen molar-refractivity contribution in [3.05, 3.63) is 29.8 Å². The van der Waals surface area contributed by atoms with Gasteiger partial charge in [-0.1, -0.05) is 37.5 Å². The van der Waals surface area contributed by atoms with E-state index in [9.17, 15) is 4.79 Å². The second-order valence-corrected chi connectivity index (χ2v) is 6.49. The van der Waals surface area contributed by atoms with Gasteiger partial charge in [0.15, 0.2) is 0 Å². The van der Waals surface area contributed by atoms with Crippen molar-refractivity contribution in [1.82, 2.24) is 4.90 Å². The van der Waals surface area contributed by atoms with Crippen LogP contribution in [0, 0.1) is 0 Å². The van der Waals surface area contributed by atoms with E-state index < -0.39 is 5.54 Å². The summed E-state index contributed by atoms with van der Waals surface area (Å²) >= 11 is 0. The summed E-state index contributed by atoms with van der Waals surface area (Å²) in [5.74, 6) is 0.146. The first-order chi connectivity index (χ1) is 10.1. The number of anilines is 1. The van der Waals surface area contributed by atoms with Crippen molar-refractivity contribution in [2.45, 2.75) is 44.2 Å². The third-order valence-electron chi connectivity index (χ3n) is 4.93. The van der Waals surface area contributed by atoms with Gasteiger partial charge in [-0.2, -0.15) is 0 Å². The molecular formula is C17H25N3O. The quantitative estimate of drug-likeness (QED) is 0.861. The molecule has 0 atom stereocenters. The van der Waals surface area contributed by atoms with Crippen LogP contribution in [0.4, 0.5) is 5.69 Å². The zero-order valence-corrected chi connectivity index (χ0v) is 12.8. The minimum absolute atomic E-state index is 0.146. The lowest BCUT2D eigenvalue weighted by molar-refractivity contribution is -0.138. The molecule has 1 saturated carbocycles. The van der Waals surface area contributed by atoms with Crippen molar-refractivity contribution in [2.75, 3.05) is 25.0 Å². The highest BCUT2D eigenvalue weighted by molar-refractivity contribution is 5.86. The van der Waals surface area contributed by atoms with Gasteiger partial charge >= 0.3 is 0 Å². The van der Waals surface area contributed by atoms with Crippen LogP contribution in [0.15, 0.2) is 24.3 Å². The molecule has 0 unspecified atom stereocenters. The van der Waals surface area contributed by atoms with Crippen LogP contribution in [-0.4, -0.2) is 36.5 Å². The lowest BCUT2D eigenvalue weighted by atomic mass is 9.81. The fraction of sp³-hybridized carbons (Fsp3) is 0.588. The SMILES string of the molecule is CN1CCN(C(=O)C2(N)CCCCC2)Cc2ccccc21. The van der Waals surface area contributed by atoms with Crippen LogP contribution >= 0.6 is 0 Å². The van der Waals surface area contributed by atoms with Crippen LogP contribution < -0.4 is 10.6 Å². The Bertz CT molecular complexity index is 523. The third-order valence-corrected chi connectivity index (χ3v) is 4.93. The number of nitrogens with zero attached hydrogens (tertiary/aromatic N) is 2. The van der Waals surface area contributed by atoms with Gasteiger partial charge in [0.1, 0.15) is 0 Å². The lowest BCUT2D eigenvalue weighted by Gasteiger charge is -2.36. The average Bonchev–Trinajstić information content (AvgIpc) is 2.67. The van der Waals surface area contributed by atoms with Crippen LogP contribution in [0.2, 0.25) is 0 Å². The Balaban J connectivity index is 1.82. The molecule has 0 spiro atoms. The fourth-order valence-corrected chi connectivity index (χ4v) is 3.58. The summed E-state index contributed by atoms with van der Waals surface area (Å²) in [6.45, 7) is 2.29. The van der Waals surface area contributed by atoms with E-state index in [1.807, 2.05) is 11.0 Å². The van der Waals surface area contributed by atoms with Gasteiger partial charge in [-0.3, -0.25) is 4.79 Å². The monoisotopic (exact) mass is 287 g/mol. The number of likely N-dealkylation sites (N-methyl/N-ethyl adjacent to an activating group) is 1. The predicted molar refractivity (Wildman–Crippen MR) is 85.1 cm³/mol. The molecule has 2 N–H and O–H groups in total. The molecule has 1 amide bonds. The Labute approximate surface area is 126 Å². The second-order valence-electron chi connectivity index (χ2n) is 6.49. The van der Waals surface area contributed by atoms with E-state index in [1.165, 1.54) is 17.7 Å². The van der Waals surface area contributed by atoms with E-state index in [2.05, 4.69) is 30.1 Å². The molecule has 4 heteroatoms. The number of amides is 1. The molecule has 1 aliphatic heterocycles. The minimum Gasteiger partial charge on any atom is -0.373 e. The fourth-order valence-electron chi connectivity index (χ4n) is 3.58. The van der Waals surface area contributed by atoms with Crippen LogP contribution in [0.3, 0.4) is 0 Å². The van der Waals surface area contributed by atoms with Crippen LogP contribution in [-0.2, 0) is 11.3 Å². The zero-order valence-electron chi connectivity index (χ0n) is 12.8. The van der Waals surface area contributed by atoms with Gasteiger partial charge in [-0.15, -0.1) is 0 Å².